The predicted octanol–water partition coefficient (Wildman–Crippen LogP) is 2.79. The Bertz CT molecular complexity index is 521. The topological polar surface area (TPSA) is 46.1 Å². The molecular formula is C12H13ClF3N3O. The number of rotatable bonds is 3. The molecule has 2 rings (SSSR count). The van der Waals surface area contributed by atoms with Crippen LogP contribution in [-0.2, 0) is 11.2 Å². The summed E-state index contributed by atoms with van der Waals surface area (Å²) in [6, 6.07) is -0.587. The molecule has 1 aliphatic heterocycles. The van der Waals surface area contributed by atoms with Gasteiger partial charge in [0.2, 0.25) is 5.28 Å². The molecule has 0 saturated heterocycles. The maximum Gasteiger partial charge on any atom is 0.390 e. The third-order valence-electron chi connectivity index (χ3n) is 3.22. The van der Waals surface area contributed by atoms with Crippen molar-refractivity contribution in [1.29, 1.82) is 0 Å². The average Bonchev–Trinajstić information content (AvgIpc) is 2.35. The van der Waals surface area contributed by atoms with Crippen LogP contribution in [-0.4, -0.2) is 34.5 Å². The van der Waals surface area contributed by atoms with Gasteiger partial charge < -0.3 is 4.90 Å². The van der Waals surface area contributed by atoms with E-state index >= 15 is 0 Å². The first-order valence-corrected chi connectivity index (χ1v) is 6.57. The highest BCUT2D eigenvalue weighted by molar-refractivity contribution is 6.28. The van der Waals surface area contributed by atoms with E-state index in [-0.39, 0.29) is 24.0 Å². The van der Waals surface area contributed by atoms with Crippen molar-refractivity contribution in [2.75, 3.05) is 11.4 Å². The highest BCUT2D eigenvalue weighted by atomic mass is 35.5. The summed E-state index contributed by atoms with van der Waals surface area (Å²) >= 11 is 5.70. The first-order valence-electron chi connectivity index (χ1n) is 6.19. The number of carbonyl (C=O) groups is 1. The van der Waals surface area contributed by atoms with Gasteiger partial charge in [0.05, 0.1) is 12.5 Å². The molecule has 0 bridgehead atoms. The number of aromatic nitrogens is 2. The Morgan fingerprint density at radius 2 is 2.20 bits per heavy atom. The number of nitrogens with zero attached hydrogens (tertiary/aromatic N) is 3. The van der Waals surface area contributed by atoms with Gasteiger partial charge in [-0.3, -0.25) is 4.79 Å². The van der Waals surface area contributed by atoms with Crippen LogP contribution in [0.1, 0.15) is 25.3 Å². The summed E-state index contributed by atoms with van der Waals surface area (Å²) in [6.07, 6.45) is -3.33. The molecule has 4 nitrogen and oxygen atoms in total. The molecule has 110 valence electrons. The predicted molar refractivity (Wildman–Crippen MR) is 67.9 cm³/mol. The Morgan fingerprint density at radius 3 is 2.80 bits per heavy atom. The molecule has 0 unspecified atom stereocenters. The van der Waals surface area contributed by atoms with E-state index in [4.69, 9.17) is 11.6 Å². The van der Waals surface area contributed by atoms with Crippen molar-refractivity contribution in [2.24, 2.45) is 0 Å². The Balaban J connectivity index is 2.34. The standard InChI is InChI=1S/C12H13ClF3N3O/c1-2-8-9(20)5-7-6-17-11(13)18-10(7)19(8)4-3-12(14,15)16/h6,8H,2-5H2,1H3/t8-/m1/s1. The van der Waals surface area contributed by atoms with E-state index in [1.165, 1.54) is 11.1 Å². The first kappa shape index (κ1) is 15.0. The van der Waals surface area contributed by atoms with Gasteiger partial charge in [-0.25, -0.2) is 9.97 Å². The molecule has 0 N–H and O–H groups in total. The van der Waals surface area contributed by atoms with Crippen LogP contribution < -0.4 is 4.90 Å². The number of halogens is 4. The molecule has 1 aromatic rings. The molecule has 1 atom stereocenters. The lowest BCUT2D eigenvalue weighted by molar-refractivity contribution is -0.133. The minimum absolute atomic E-state index is 0.0371. The maximum absolute atomic E-state index is 12.4. The van der Waals surface area contributed by atoms with Crippen molar-refractivity contribution in [1.82, 2.24) is 9.97 Å². The first-order chi connectivity index (χ1) is 9.31. The summed E-state index contributed by atoms with van der Waals surface area (Å²) in [7, 11) is 0. The zero-order chi connectivity index (χ0) is 14.9. The molecule has 0 saturated carbocycles. The lowest BCUT2D eigenvalue weighted by Gasteiger charge is -2.36. The van der Waals surface area contributed by atoms with E-state index in [0.717, 1.165) is 0 Å². The molecule has 1 aromatic heterocycles. The summed E-state index contributed by atoms with van der Waals surface area (Å²) in [4.78, 5) is 21.2. The van der Waals surface area contributed by atoms with Crippen molar-refractivity contribution in [2.45, 2.75) is 38.4 Å². The zero-order valence-electron chi connectivity index (χ0n) is 10.7. The molecule has 0 aromatic carbocycles. The third kappa shape index (κ3) is 3.20. The molecule has 0 spiro atoms. The highest BCUT2D eigenvalue weighted by Crippen LogP contribution is 2.31. The van der Waals surface area contributed by atoms with Gasteiger partial charge in [0.1, 0.15) is 5.82 Å². The molecule has 0 radical (unpaired) electrons. The van der Waals surface area contributed by atoms with Gasteiger partial charge in [-0.2, -0.15) is 13.2 Å². The summed E-state index contributed by atoms with van der Waals surface area (Å²) < 4.78 is 37.3. The molecule has 0 amide bonds. The average molecular weight is 308 g/mol. The van der Waals surface area contributed by atoms with Gasteiger partial charge in [-0.15, -0.1) is 0 Å². The number of hydrogen-bond acceptors (Lipinski definition) is 4. The second-order valence-corrected chi connectivity index (χ2v) is 4.95. The number of ketones is 1. The summed E-state index contributed by atoms with van der Waals surface area (Å²) in [5.74, 6) is 0.216. The monoisotopic (exact) mass is 307 g/mol. The Labute approximate surface area is 119 Å². The van der Waals surface area contributed by atoms with Crippen LogP contribution in [0.5, 0.6) is 0 Å². The molecule has 8 heteroatoms. The Morgan fingerprint density at radius 1 is 1.50 bits per heavy atom. The van der Waals surface area contributed by atoms with Gasteiger partial charge >= 0.3 is 6.18 Å². The van der Waals surface area contributed by atoms with Crippen LogP contribution >= 0.6 is 11.6 Å². The van der Waals surface area contributed by atoms with Crippen LogP contribution in [0, 0.1) is 0 Å². The molecular weight excluding hydrogens is 295 g/mol. The van der Waals surface area contributed by atoms with Gasteiger partial charge in [0, 0.05) is 24.7 Å². The zero-order valence-corrected chi connectivity index (χ0v) is 11.5. The number of Topliss-reactive ketones (excluding diaryl/α,β-unsaturated/α-hetero) is 1. The van der Waals surface area contributed by atoms with E-state index < -0.39 is 18.6 Å². The number of anilines is 1. The third-order valence-corrected chi connectivity index (χ3v) is 3.40. The van der Waals surface area contributed by atoms with Crippen LogP contribution in [0.15, 0.2) is 6.20 Å². The van der Waals surface area contributed by atoms with E-state index in [0.29, 0.717) is 17.8 Å². The van der Waals surface area contributed by atoms with Crippen LogP contribution in [0.25, 0.3) is 0 Å². The minimum Gasteiger partial charge on any atom is -0.346 e. The normalized spacial score (nSPS) is 19.1. The fourth-order valence-electron chi connectivity index (χ4n) is 2.33. The smallest absolute Gasteiger partial charge is 0.346 e. The van der Waals surface area contributed by atoms with Crippen molar-refractivity contribution in [3.63, 3.8) is 0 Å². The van der Waals surface area contributed by atoms with E-state index in [1.54, 1.807) is 6.92 Å². The van der Waals surface area contributed by atoms with Crippen LogP contribution in [0.3, 0.4) is 0 Å². The second-order valence-electron chi connectivity index (χ2n) is 4.61. The van der Waals surface area contributed by atoms with Gasteiger partial charge in [0.25, 0.3) is 0 Å². The van der Waals surface area contributed by atoms with E-state index in [1.807, 2.05) is 0 Å². The highest BCUT2D eigenvalue weighted by Gasteiger charge is 2.36. The quantitative estimate of drug-likeness (QED) is 0.806. The van der Waals surface area contributed by atoms with Crippen molar-refractivity contribution in [3.8, 4) is 0 Å². The van der Waals surface area contributed by atoms with E-state index in [9.17, 15) is 18.0 Å². The fraction of sp³-hybridized carbons (Fsp3) is 0.583. The second kappa shape index (κ2) is 5.55. The number of alkyl halides is 3. The molecule has 2 heterocycles. The molecule has 1 aliphatic rings. The number of fused-ring (bicyclic) bond motifs is 1. The Kier molecular flexibility index (Phi) is 4.17. The maximum atomic E-state index is 12.4. The van der Waals surface area contributed by atoms with Crippen LogP contribution in [0.4, 0.5) is 19.0 Å². The fourth-order valence-corrected chi connectivity index (χ4v) is 2.46. The lowest BCUT2D eigenvalue weighted by Crippen LogP contribution is -2.47. The summed E-state index contributed by atoms with van der Waals surface area (Å²) in [6.45, 7) is 1.45. The number of carbonyl (C=O) groups excluding carboxylic acids is 1. The Hall–Kier alpha value is -1.37. The largest absolute Gasteiger partial charge is 0.390 e. The van der Waals surface area contributed by atoms with Gasteiger partial charge in [-0.05, 0) is 18.0 Å². The summed E-state index contributed by atoms with van der Waals surface area (Å²) in [5.41, 5.74) is 0.520. The minimum atomic E-state index is -4.28. The SMILES string of the molecule is CC[C@@H]1C(=O)Cc2cnc(Cl)nc2N1CCC(F)(F)F. The van der Waals surface area contributed by atoms with Crippen molar-refractivity contribution < 1.29 is 18.0 Å². The lowest BCUT2D eigenvalue weighted by atomic mass is 9.96. The number of hydrogen-bond donors (Lipinski definition) is 0. The van der Waals surface area contributed by atoms with E-state index in [2.05, 4.69) is 9.97 Å². The molecule has 20 heavy (non-hydrogen) atoms. The van der Waals surface area contributed by atoms with Crippen molar-refractivity contribution in [3.05, 3.63) is 17.0 Å². The van der Waals surface area contributed by atoms with Gasteiger partial charge in [-0.1, -0.05) is 6.92 Å². The summed E-state index contributed by atoms with van der Waals surface area (Å²) in [5, 5.41) is -0.0371. The van der Waals surface area contributed by atoms with Crippen LogP contribution in [0.2, 0.25) is 5.28 Å². The molecule has 0 aliphatic carbocycles. The van der Waals surface area contributed by atoms with Crippen molar-refractivity contribution >= 4 is 23.2 Å². The van der Waals surface area contributed by atoms with Gasteiger partial charge in [0.15, 0.2) is 5.78 Å². The molecule has 0 fully saturated rings.